The lowest BCUT2D eigenvalue weighted by molar-refractivity contribution is 0.180. The third-order valence-electron chi connectivity index (χ3n) is 4.36. The van der Waals surface area contributed by atoms with Crippen LogP contribution in [0.4, 0.5) is 0 Å². The molecule has 24 heavy (non-hydrogen) atoms. The van der Waals surface area contributed by atoms with Crippen LogP contribution < -0.4 is 10.6 Å². The van der Waals surface area contributed by atoms with Gasteiger partial charge in [0.2, 0.25) is 0 Å². The van der Waals surface area contributed by atoms with Gasteiger partial charge in [0.15, 0.2) is 5.96 Å². The molecule has 2 N–H and O–H groups in total. The van der Waals surface area contributed by atoms with Gasteiger partial charge in [-0.05, 0) is 59.3 Å². The van der Waals surface area contributed by atoms with Gasteiger partial charge in [-0.25, -0.2) is 0 Å². The van der Waals surface area contributed by atoms with E-state index in [0.29, 0.717) is 0 Å². The van der Waals surface area contributed by atoms with E-state index < -0.39 is 0 Å². The van der Waals surface area contributed by atoms with Gasteiger partial charge in [0, 0.05) is 46.4 Å². The Labute approximate surface area is 165 Å². The number of ether oxygens (including phenoxy) is 1. The van der Waals surface area contributed by atoms with Crippen molar-refractivity contribution < 1.29 is 4.74 Å². The highest BCUT2D eigenvalue weighted by atomic mass is 127. The number of piperidine rings is 1. The summed E-state index contributed by atoms with van der Waals surface area (Å²) in [4.78, 5) is 9.50. The smallest absolute Gasteiger partial charge is 0.191 e. The molecule has 0 amide bonds. The molecule has 6 nitrogen and oxygen atoms in total. The zero-order chi connectivity index (χ0) is 16.9. The molecule has 144 valence electrons. The van der Waals surface area contributed by atoms with Crippen LogP contribution >= 0.6 is 24.0 Å². The number of guanidine groups is 1. The van der Waals surface area contributed by atoms with Crippen molar-refractivity contribution in [1.29, 1.82) is 0 Å². The average Bonchev–Trinajstić information content (AvgIpc) is 2.54. The number of methoxy groups -OCH3 is 1. The molecule has 0 aromatic rings. The lowest BCUT2D eigenvalue weighted by atomic mass is 9.97. The molecule has 0 spiro atoms. The Morgan fingerprint density at radius 3 is 2.58 bits per heavy atom. The molecular formula is C17H38IN5O. The van der Waals surface area contributed by atoms with Crippen molar-refractivity contribution in [2.45, 2.75) is 26.2 Å². The maximum Gasteiger partial charge on any atom is 0.191 e. The Balaban J connectivity index is 0.00000529. The monoisotopic (exact) mass is 455 g/mol. The van der Waals surface area contributed by atoms with Gasteiger partial charge in [0.25, 0.3) is 0 Å². The van der Waals surface area contributed by atoms with Crippen LogP contribution in [0.15, 0.2) is 4.99 Å². The van der Waals surface area contributed by atoms with Gasteiger partial charge in [-0.2, -0.15) is 0 Å². The maximum absolute atomic E-state index is 5.09. The second-order valence-electron chi connectivity index (χ2n) is 6.54. The quantitative estimate of drug-likeness (QED) is 0.226. The van der Waals surface area contributed by atoms with Crippen LogP contribution in [0, 0.1) is 5.92 Å². The van der Waals surface area contributed by atoms with Crippen molar-refractivity contribution in [2.75, 3.05) is 73.6 Å². The number of nitrogens with zero attached hydrogens (tertiary/aromatic N) is 3. The summed E-state index contributed by atoms with van der Waals surface area (Å²) in [5.74, 6) is 1.69. The molecule has 0 aromatic carbocycles. The average molecular weight is 455 g/mol. The molecule has 0 aromatic heterocycles. The zero-order valence-electron chi connectivity index (χ0n) is 16.0. The highest BCUT2D eigenvalue weighted by molar-refractivity contribution is 14.0. The summed E-state index contributed by atoms with van der Waals surface area (Å²) >= 11 is 0. The summed E-state index contributed by atoms with van der Waals surface area (Å²) in [6, 6.07) is 0. The van der Waals surface area contributed by atoms with Crippen LogP contribution in [-0.2, 0) is 4.74 Å². The molecule has 0 atom stereocenters. The molecule has 1 aliphatic heterocycles. The molecule has 1 aliphatic rings. The van der Waals surface area contributed by atoms with Gasteiger partial charge in [0.05, 0.1) is 0 Å². The van der Waals surface area contributed by atoms with Crippen molar-refractivity contribution in [3.05, 3.63) is 0 Å². The minimum Gasteiger partial charge on any atom is -0.385 e. The summed E-state index contributed by atoms with van der Waals surface area (Å²) in [7, 11) is 6.11. The van der Waals surface area contributed by atoms with Crippen LogP contribution in [0.5, 0.6) is 0 Å². The molecule has 7 heteroatoms. The number of hydrogen-bond acceptors (Lipinski definition) is 4. The first-order valence-electron chi connectivity index (χ1n) is 9.04. The van der Waals surface area contributed by atoms with E-state index in [0.717, 1.165) is 57.6 Å². The van der Waals surface area contributed by atoms with Gasteiger partial charge in [0.1, 0.15) is 0 Å². The van der Waals surface area contributed by atoms with E-state index in [9.17, 15) is 0 Å². The van der Waals surface area contributed by atoms with Crippen LogP contribution in [-0.4, -0.2) is 89.4 Å². The molecule has 1 fully saturated rings. The van der Waals surface area contributed by atoms with E-state index in [4.69, 9.17) is 9.73 Å². The van der Waals surface area contributed by atoms with E-state index >= 15 is 0 Å². The SMILES string of the molecule is CCNC(=NCC1CCN(C)CC1)NCCN(C)CCCOC.I. The number of halogens is 1. The van der Waals surface area contributed by atoms with Gasteiger partial charge in [-0.3, -0.25) is 4.99 Å². The van der Waals surface area contributed by atoms with Crippen LogP contribution in [0.2, 0.25) is 0 Å². The third-order valence-corrected chi connectivity index (χ3v) is 4.36. The minimum atomic E-state index is 0. The molecule has 0 saturated carbocycles. The first-order valence-corrected chi connectivity index (χ1v) is 9.04. The molecule has 1 heterocycles. The van der Waals surface area contributed by atoms with Gasteiger partial charge in [-0.1, -0.05) is 0 Å². The summed E-state index contributed by atoms with van der Waals surface area (Å²) in [6.07, 6.45) is 3.61. The fraction of sp³-hybridized carbons (Fsp3) is 0.941. The van der Waals surface area contributed by atoms with Crippen molar-refractivity contribution in [3.8, 4) is 0 Å². The lowest BCUT2D eigenvalue weighted by Gasteiger charge is -2.28. The topological polar surface area (TPSA) is 52.1 Å². The zero-order valence-corrected chi connectivity index (χ0v) is 18.3. The highest BCUT2D eigenvalue weighted by Gasteiger charge is 2.16. The van der Waals surface area contributed by atoms with Crippen LogP contribution in [0.25, 0.3) is 0 Å². The number of rotatable bonds is 10. The van der Waals surface area contributed by atoms with Crippen LogP contribution in [0.1, 0.15) is 26.2 Å². The second kappa shape index (κ2) is 15.2. The predicted octanol–water partition coefficient (Wildman–Crippen LogP) is 1.47. The fourth-order valence-electron chi connectivity index (χ4n) is 2.76. The van der Waals surface area contributed by atoms with Crippen molar-refractivity contribution in [2.24, 2.45) is 10.9 Å². The molecule has 0 aliphatic carbocycles. The summed E-state index contributed by atoms with van der Waals surface area (Å²) in [6.45, 7) is 10.2. The molecular weight excluding hydrogens is 417 g/mol. The molecule has 0 unspecified atom stereocenters. The fourth-order valence-corrected chi connectivity index (χ4v) is 2.76. The van der Waals surface area contributed by atoms with E-state index in [1.807, 2.05) is 0 Å². The Hall–Kier alpha value is -0.120. The third kappa shape index (κ3) is 11.4. The lowest BCUT2D eigenvalue weighted by Crippen LogP contribution is -2.41. The van der Waals surface area contributed by atoms with E-state index in [1.165, 1.54) is 25.9 Å². The number of likely N-dealkylation sites (N-methyl/N-ethyl adjacent to an activating group) is 1. The Morgan fingerprint density at radius 1 is 1.25 bits per heavy atom. The Kier molecular flexibility index (Phi) is 15.1. The molecule has 0 radical (unpaired) electrons. The standard InChI is InChI=1S/C17H37N5O.HI/c1-5-18-17(19-9-13-21(2)10-6-14-23-4)20-15-16-7-11-22(3)12-8-16;/h16H,5-15H2,1-4H3,(H2,18,19,20);1H. The van der Waals surface area contributed by atoms with Gasteiger partial charge in [-0.15, -0.1) is 24.0 Å². The van der Waals surface area contributed by atoms with Crippen molar-refractivity contribution in [1.82, 2.24) is 20.4 Å². The maximum atomic E-state index is 5.09. The van der Waals surface area contributed by atoms with Gasteiger partial charge >= 0.3 is 0 Å². The first-order chi connectivity index (χ1) is 11.2. The number of nitrogens with one attached hydrogen (secondary N) is 2. The normalized spacial score (nSPS) is 17.0. The predicted molar refractivity (Wildman–Crippen MR) is 114 cm³/mol. The molecule has 1 rings (SSSR count). The largest absolute Gasteiger partial charge is 0.385 e. The van der Waals surface area contributed by atoms with E-state index in [2.05, 4.69) is 41.5 Å². The second-order valence-corrected chi connectivity index (χ2v) is 6.54. The first kappa shape index (κ1) is 23.9. The van der Waals surface area contributed by atoms with Gasteiger partial charge < -0.3 is 25.2 Å². The van der Waals surface area contributed by atoms with E-state index in [1.54, 1.807) is 7.11 Å². The van der Waals surface area contributed by atoms with Crippen LogP contribution in [0.3, 0.4) is 0 Å². The Bertz CT molecular complexity index is 322. The Morgan fingerprint density at radius 2 is 1.96 bits per heavy atom. The number of aliphatic imine (C=N–C) groups is 1. The van der Waals surface area contributed by atoms with E-state index in [-0.39, 0.29) is 24.0 Å². The minimum absolute atomic E-state index is 0. The molecule has 0 bridgehead atoms. The summed E-state index contributed by atoms with van der Waals surface area (Å²) < 4.78 is 5.09. The summed E-state index contributed by atoms with van der Waals surface area (Å²) in [5, 5.41) is 6.79. The van der Waals surface area contributed by atoms with Crippen molar-refractivity contribution in [3.63, 3.8) is 0 Å². The summed E-state index contributed by atoms with van der Waals surface area (Å²) in [5.41, 5.74) is 0. The highest BCUT2D eigenvalue weighted by Crippen LogP contribution is 2.15. The molecule has 1 saturated heterocycles. The number of hydrogen-bond donors (Lipinski definition) is 2. The van der Waals surface area contributed by atoms with Crippen molar-refractivity contribution >= 4 is 29.9 Å². The number of likely N-dealkylation sites (tertiary alicyclic amines) is 1.